The summed E-state index contributed by atoms with van der Waals surface area (Å²) >= 11 is 0. The summed E-state index contributed by atoms with van der Waals surface area (Å²) in [6.45, 7) is 1.36. The van der Waals surface area contributed by atoms with E-state index in [1.54, 1.807) is 0 Å². The fourth-order valence-electron chi connectivity index (χ4n) is 1.45. The molecule has 0 bridgehead atoms. The zero-order chi connectivity index (χ0) is 13.5. The van der Waals surface area contributed by atoms with Crippen LogP contribution in [0.15, 0.2) is 0 Å². The molecule has 0 aliphatic rings. The molecule has 0 aromatic rings. The number of rotatable bonds is 14. The van der Waals surface area contributed by atoms with E-state index in [1.165, 1.54) is 0 Å². The first-order chi connectivity index (χ1) is 8.81. The molecule has 18 heavy (non-hydrogen) atoms. The van der Waals surface area contributed by atoms with Crippen LogP contribution in [0.5, 0.6) is 0 Å². The lowest BCUT2D eigenvalue weighted by atomic mass is 10.2. The monoisotopic (exact) mass is 281 g/mol. The molecule has 0 heterocycles. The van der Waals surface area contributed by atoms with Crippen LogP contribution in [-0.2, 0) is 13.6 Å². The van der Waals surface area contributed by atoms with Crippen molar-refractivity contribution in [2.45, 2.75) is 51.4 Å². The summed E-state index contributed by atoms with van der Waals surface area (Å²) in [6.07, 6.45) is 7.23. The predicted molar refractivity (Wildman–Crippen MR) is 70.6 cm³/mol. The van der Waals surface area contributed by atoms with Crippen molar-refractivity contribution in [3.05, 3.63) is 0 Å². The Balaban J connectivity index is 3.12. The molecule has 0 aromatic heterocycles. The Morgan fingerprint density at radius 1 is 0.667 bits per heavy atom. The third-order valence-electron chi connectivity index (χ3n) is 2.50. The Kier molecular flexibility index (Phi) is 14.9. The average molecular weight is 281 g/mol. The predicted octanol–water partition coefficient (Wildman–Crippen LogP) is 2.78. The highest BCUT2D eigenvalue weighted by Gasteiger charge is 2.18. The van der Waals surface area contributed by atoms with Crippen LogP contribution in [0.25, 0.3) is 0 Å². The summed E-state index contributed by atoms with van der Waals surface area (Å²) in [6, 6.07) is 0. The van der Waals surface area contributed by atoms with Crippen molar-refractivity contribution >= 4 is 8.25 Å². The Bertz CT molecular complexity index is 171. The van der Waals surface area contributed by atoms with Crippen molar-refractivity contribution in [1.82, 2.24) is 0 Å². The van der Waals surface area contributed by atoms with E-state index in [4.69, 9.17) is 19.3 Å². The lowest BCUT2D eigenvalue weighted by Gasteiger charge is -1.96. The van der Waals surface area contributed by atoms with E-state index in [9.17, 15) is 4.57 Å². The van der Waals surface area contributed by atoms with Crippen LogP contribution in [-0.4, -0.2) is 36.6 Å². The van der Waals surface area contributed by atoms with Gasteiger partial charge in [0.1, 0.15) is 13.2 Å². The maximum atomic E-state index is 11.2. The van der Waals surface area contributed by atoms with Gasteiger partial charge in [0.05, 0.1) is 0 Å². The number of hydrogen-bond acceptors (Lipinski definition) is 5. The summed E-state index contributed by atoms with van der Waals surface area (Å²) in [7, 11) is -1.98. The number of aliphatic hydroxyl groups is 2. The smallest absolute Gasteiger partial charge is 0.396 e. The fraction of sp³-hybridized carbons (Fsp3) is 1.00. The first-order valence-electron chi connectivity index (χ1n) is 6.76. The minimum absolute atomic E-state index is 0.231. The van der Waals surface area contributed by atoms with E-state index in [2.05, 4.69) is 0 Å². The van der Waals surface area contributed by atoms with Crippen LogP contribution in [0.1, 0.15) is 51.4 Å². The van der Waals surface area contributed by atoms with Gasteiger partial charge in [-0.2, -0.15) is 0 Å². The van der Waals surface area contributed by atoms with Crippen molar-refractivity contribution in [2.24, 2.45) is 0 Å². The quantitative estimate of drug-likeness (QED) is 0.378. The van der Waals surface area contributed by atoms with Crippen LogP contribution >= 0.6 is 8.25 Å². The lowest BCUT2D eigenvalue weighted by molar-refractivity contribution is 0.215. The van der Waals surface area contributed by atoms with Gasteiger partial charge in [-0.3, -0.25) is 0 Å². The highest BCUT2D eigenvalue weighted by atomic mass is 31.1. The second-order valence-corrected chi connectivity index (χ2v) is 5.13. The third-order valence-corrected chi connectivity index (χ3v) is 3.29. The van der Waals surface area contributed by atoms with Crippen molar-refractivity contribution in [3.63, 3.8) is 0 Å². The van der Waals surface area contributed by atoms with Gasteiger partial charge in [-0.05, 0) is 25.7 Å². The second kappa shape index (κ2) is 15.0. The molecule has 0 aliphatic heterocycles. The Morgan fingerprint density at radius 2 is 1.06 bits per heavy atom. The summed E-state index contributed by atoms with van der Waals surface area (Å²) in [5.74, 6) is 0. The molecule has 0 fully saturated rings. The first kappa shape index (κ1) is 17.9. The van der Waals surface area contributed by atoms with Crippen LogP contribution in [0.2, 0.25) is 0 Å². The summed E-state index contributed by atoms with van der Waals surface area (Å²) in [4.78, 5) is 0. The second-order valence-electron chi connectivity index (χ2n) is 4.17. The Labute approximate surface area is 110 Å². The molecule has 0 radical (unpaired) electrons. The van der Waals surface area contributed by atoms with Gasteiger partial charge in [-0.25, -0.2) is 0 Å². The van der Waals surface area contributed by atoms with Gasteiger partial charge < -0.3 is 10.2 Å². The van der Waals surface area contributed by atoms with Crippen LogP contribution < -0.4 is 0 Å². The normalized spacial score (nSPS) is 10.8. The zero-order valence-electron chi connectivity index (χ0n) is 11.1. The topological polar surface area (TPSA) is 76.0 Å². The van der Waals surface area contributed by atoms with Gasteiger partial charge in [0.15, 0.2) is 0 Å². The maximum absolute atomic E-state index is 11.2. The van der Waals surface area contributed by atoms with Crippen LogP contribution in [0.3, 0.4) is 0 Å². The molecule has 0 amide bonds. The lowest BCUT2D eigenvalue weighted by Crippen LogP contribution is -1.93. The van der Waals surface area contributed by atoms with Gasteiger partial charge in [0.2, 0.25) is 0 Å². The molecule has 0 aliphatic carbocycles. The van der Waals surface area contributed by atoms with Gasteiger partial charge in [-0.15, -0.1) is 9.05 Å². The number of unbranched alkanes of at least 4 members (excludes halogenated alkanes) is 6. The minimum Gasteiger partial charge on any atom is -0.396 e. The largest absolute Gasteiger partial charge is 0.697 e. The van der Waals surface area contributed by atoms with Crippen LogP contribution in [0.4, 0.5) is 0 Å². The molecule has 5 nitrogen and oxygen atoms in total. The van der Waals surface area contributed by atoms with Crippen molar-refractivity contribution in [2.75, 3.05) is 26.4 Å². The highest BCUT2D eigenvalue weighted by molar-refractivity contribution is 7.33. The molecule has 0 aromatic carbocycles. The number of aliphatic hydroxyl groups excluding tert-OH is 2. The molecule has 0 spiro atoms. The minimum atomic E-state index is -1.98. The Morgan fingerprint density at radius 3 is 1.44 bits per heavy atom. The van der Waals surface area contributed by atoms with Crippen molar-refractivity contribution < 1.29 is 23.8 Å². The van der Waals surface area contributed by atoms with Gasteiger partial charge in [0, 0.05) is 17.8 Å². The summed E-state index contributed by atoms with van der Waals surface area (Å²) in [5.41, 5.74) is 0. The van der Waals surface area contributed by atoms with Crippen molar-refractivity contribution in [3.8, 4) is 0 Å². The molecule has 0 rings (SSSR count). The summed E-state index contributed by atoms with van der Waals surface area (Å²) < 4.78 is 21.3. The SMILES string of the molecule is O=[P+](OCCCCCCO)OCCCCCCO. The van der Waals surface area contributed by atoms with E-state index >= 15 is 0 Å². The van der Waals surface area contributed by atoms with E-state index in [0.717, 1.165) is 51.4 Å². The highest BCUT2D eigenvalue weighted by Crippen LogP contribution is 2.24. The average Bonchev–Trinajstić information content (AvgIpc) is 2.38. The number of hydrogen-bond donors (Lipinski definition) is 2. The zero-order valence-corrected chi connectivity index (χ0v) is 11.9. The van der Waals surface area contributed by atoms with Crippen LogP contribution in [0, 0.1) is 0 Å². The maximum Gasteiger partial charge on any atom is 0.697 e. The van der Waals surface area contributed by atoms with Gasteiger partial charge in [0.25, 0.3) is 0 Å². The first-order valence-corrected chi connectivity index (χ1v) is 7.85. The molecular formula is C12H26O5P+. The van der Waals surface area contributed by atoms with Gasteiger partial charge in [-0.1, -0.05) is 25.7 Å². The molecular weight excluding hydrogens is 255 g/mol. The molecule has 6 heteroatoms. The van der Waals surface area contributed by atoms with E-state index in [0.29, 0.717) is 13.2 Å². The molecule has 2 N–H and O–H groups in total. The molecule has 0 atom stereocenters. The van der Waals surface area contributed by atoms with E-state index < -0.39 is 8.25 Å². The molecule has 0 unspecified atom stereocenters. The third kappa shape index (κ3) is 14.0. The van der Waals surface area contributed by atoms with Crippen molar-refractivity contribution in [1.29, 1.82) is 0 Å². The standard InChI is InChI=1S/C12H26O5P/c13-9-5-1-3-7-11-16-18(15)17-12-8-4-2-6-10-14/h13-14H,1-12H2/q+1. The Hall–Kier alpha value is -0.0600. The van der Waals surface area contributed by atoms with Gasteiger partial charge >= 0.3 is 8.25 Å². The molecule has 108 valence electrons. The van der Waals surface area contributed by atoms with E-state index in [-0.39, 0.29) is 13.2 Å². The van der Waals surface area contributed by atoms with E-state index in [1.807, 2.05) is 0 Å². The molecule has 0 saturated carbocycles. The molecule has 0 saturated heterocycles. The summed E-state index contributed by atoms with van der Waals surface area (Å²) in [5, 5.41) is 17.1. The fourth-order valence-corrected chi connectivity index (χ4v) is 2.08.